The number of methoxy groups -OCH3 is 1. The normalized spacial score (nSPS) is 24.9. The molecule has 0 unspecified atom stereocenters. The fraction of sp³-hybridized carbons (Fsp3) is 0.478. The molecular formula is C46H52N8O7. The van der Waals surface area contributed by atoms with Gasteiger partial charge in [0.05, 0.1) is 43.0 Å². The SMILES string of the molecule is COC(=O)N[C@H](C(=O)N1[C@@H]2C[C@H]2C[C@H]1c1ncc(-c2ccc(C#Cc3ccc(-c4cnc([C@@H]5C[C@H]6C[C@H]6N5C(=O)[C@H](C(C)C)N(C)C(=O)O)[nH]4)cc3)cc2)[nH]1)C1CCOCC1. The Hall–Kier alpha value is -6.14. The third kappa shape index (κ3) is 7.96. The smallest absolute Gasteiger partial charge is 0.407 e. The molecule has 5 heterocycles. The molecule has 15 heteroatoms. The van der Waals surface area contributed by atoms with Crippen LogP contribution in [0.4, 0.5) is 9.59 Å². The van der Waals surface area contributed by atoms with Crippen LogP contribution in [0.1, 0.15) is 87.2 Å². The molecule has 4 aromatic rings. The fourth-order valence-corrected chi connectivity index (χ4v) is 9.90. The number of aromatic amines is 2. The lowest BCUT2D eigenvalue weighted by Crippen LogP contribution is -2.54. The van der Waals surface area contributed by atoms with Gasteiger partial charge in [0.25, 0.3) is 0 Å². The van der Waals surface area contributed by atoms with Gasteiger partial charge < -0.3 is 39.7 Å². The molecule has 2 aromatic carbocycles. The first-order chi connectivity index (χ1) is 29.5. The Morgan fingerprint density at radius 2 is 1.30 bits per heavy atom. The number of aromatic nitrogens is 4. The number of likely N-dealkylation sites (N-methyl/N-ethyl adjacent to an activating group) is 1. The number of carboxylic acid groups (broad SMARTS) is 1. The van der Waals surface area contributed by atoms with Crippen molar-refractivity contribution in [2.75, 3.05) is 27.4 Å². The van der Waals surface area contributed by atoms with Gasteiger partial charge >= 0.3 is 12.2 Å². The number of alkyl carbamates (subject to hydrolysis) is 1. The lowest BCUT2D eigenvalue weighted by molar-refractivity contribution is -0.140. The number of H-pyrrole nitrogens is 2. The van der Waals surface area contributed by atoms with Crippen LogP contribution >= 0.6 is 0 Å². The first kappa shape index (κ1) is 40.3. The predicted octanol–water partition coefficient (Wildman–Crippen LogP) is 5.98. The second kappa shape index (κ2) is 16.4. The molecule has 3 saturated heterocycles. The first-order valence-corrected chi connectivity index (χ1v) is 21.3. The number of piperidine rings is 2. The molecule has 61 heavy (non-hydrogen) atoms. The number of amides is 4. The molecule has 318 valence electrons. The van der Waals surface area contributed by atoms with Crippen LogP contribution in [0.2, 0.25) is 0 Å². The van der Waals surface area contributed by atoms with E-state index in [9.17, 15) is 24.3 Å². The van der Waals surface area contributed by atoms with Crippen LogP contribution in [0.3, 0.4) is 0 Å². The van der Waals surface area contributed by atoms with Gasteiger partial charge in [0.2, 0.25) is 11.8 Å². The van der Waals surface area contributed by atoms with E-state index in [0.29, 0.717) is 43.7 Å². The number of carbonyl (C=O) groups excluding carboxylic acids is 3. The fourth-order valence-electron chi connectivity index (χ4n) is 9.90. The molecular weight excluding hydrogens is 777 g/mol. The van der Waals surface area contributed by atoms with Crippen molar-refractivity contribution in [2.24, 2.45) is 23.7 Å². The molecule has 8 atom stereocenters. The highest BCUT2D eigenvalue weighted by molar-refractivity contribution is 5.88. The van der Waals surface area contributed by atoms with Crippen molar-refractivity contribution >= 4 is 24.0 Å². The molecule has 5 aliphatic rings. The quantitative estimate of drug-likeness (QED) is 0.140. The first-order valence-electron chi connectivity index (χ1n) is 21.3. The molecule has 2 aliphatic carbocycles. The summed E-state index contributed by atoms with van der Waals surface area (Å²) in [4.78, 5) is 73.4. The summed E-state index contributed by atoms with van der Waals surface area (Å²) in [5, 5.41) is 12.5. The van der Waals surface area contributed by atoms with Crippen molar-refractivity contribution in [3.8, 4) is 34.4 Å². The minimum Gasteiger partial charge on any atom is -0.465 e. The van der Waals surface area contributed by atoms with Crippen LogP contribution in [0.5, 0.6) is 0 Å². The summed E-state index contributed by atoms with van der Waals surface area (Å²) in [7, 11) is 2.78. The summed E-state index contributed by atoms with van der Waals surface area (Å²) in [5.74, 6) is 8.39. The van der Waals surface area contributed by atoms with Gasteiger partial charge in [0, 0.05) is 43.5 Å². The van der Waals surface area contributed by atoms with Crippen molar-refractivity contribution in [1.82, 2.24) is 40.0 Å². The maximum atomic E-state index is 14.2. The average molecular weight is 829 g/mol. The Morgan fingerprint density at radius 3 is 1.75 bits per heavy atom. The molecule has 2 aromatic heterocycles. The van der Waals surface area contributed by atoms with Crippen LogP contribution in [0.25, 0.3) is 22.5 Å². The number of imidazole rings is 2. The Balaban J connectivity index is 0.841. The number of carbonyl (C=O) groups is 4. The van der Waals surface area contributed by atoms with E-state index in [1.54, 1.807) is 6.20 Å². The molecule has 9 rings (SSSR count). The summed E-state index contributed by atoms with van der Waals surface area (Å²) in [6.45, 7) is 4.88. The van der Waals surface area contributed by atoms with Crippen LogP contribution in [-0.4, -0.2) is 115 Å². The van der Waals surface area contributed by atoms with Gasteiger partial charge in [-0.2, -0.15) is 0 Å². The van der Waals surface area contributed by atoms with Gasteiger partial charge in [0.15, 0.2) is 0 Å². The van der Waals surface area contributed by atoms with E-state index >= 15 is 0 Å². The zero-order valence-electron chi connectivity index (χ0n) is 34.8. The van der Waals surface area contributed by atoms with Gasteiger partial charge in [-0.25, -0.2) is 19.6 Å². The van der Waals surface area contributed by atoms with E-state index in [4.69, 9.17) is 19.4 Å². The minimum absolute atomic E-state index is 0.0245. The monoisotopic (exact) mass is 828 g/mol. The number of ether oxygens (including phenoxy) is 2. The van der Waals surface area contributed by atoms with Gasteiger partial charge in [-0.05, 0) is 97.6 Å². The Labute approximate surface area is 354 Å². The van der Waals surface area contributed by atoms with E-state index in [2.05, 4.69) is 27.1 Å². The van der Waals surface area contributed by atoms with Gasteiger partial charge in [-0.15, -0.1) is 0 Å². The number of hydrogen-bond acceptors (Lipinski definition) is 8. The molecule has 5 fully saturated rings. The average Bonchev–Trinajstić information content (AvgIpc) is 3.85. The Morgan fingerprint density at radius 1 is 0.803 bits per heavy atom. The van der Waals surface area contributed by atoms with E-state index in [1.165, 1.54) is 14.2 Å². The number of nitrogens with zero attached hydrogens (tertiary/aromatic N) is 5. The highest BCUT2D eigenvalue weighted by Crippen LogP contribution is 2.54. The minimum atomic E-state index is -1.12. The maximum absolute atomic E-state index is 14.2. The number of hydrogen-bond donors (Lipinski definition) is 4. The van der Waals surface area contributed by atoms with Crippen molar-refractivity contribution in [1.29, 1.82) is 0 Å². The highest BCUT2D eigenvalue weighted by atomic mass is 16.5. The van der Waals surface area contributed by atoms with E-state index in [1.807, 2.05) is 78.4 Å². The van der Waals surface area contributed by atoms with E-state index in [-0.39, 0.29) is 47.8 Å². The number of rotatable bonds is 10. The molecule has 4 N–H and O–H groups in total. The largest absolute Gasteiger partial charge is 0.465 e. The van der Waals surface area contributed by atoms with Crippen LogP contribution < -0.4 is 5.32 Å². The third-order valence-corrected chi connectivity index (χ3v) is 13.3. The van der Waals surface area contributed by atoms with Crippen LogP contribution in [0.15, 0.2) is 60.9 Å². The summed E-state index contributed by atoms with van der Waals surface area (Å²) in [6, 6.07) is 14.3. The standard InChI is InChI=1S/C46H52N8O7/c1-25(2)40(52(3)46(58)59)44(56)54-36-20-32(36)22-38(54)42-48-24-34(50-42)29-13-9-27(10-14-29)6-5-26-7-11-28(12-8-26)33-23-47-41(49-33)37-21-31-19-35(31)53(37)43(55)39(51-45(57)60-4)30-15-17-61-18-16-30/h7-14,23-25,30-32,35-40H,15-22H2,1-4H3,(H,47,49)(H,48,50)(H,51,57)(H,58,59)/t31-,32+,35+,36+,37-,38-,39-,40-/m0/s1. The number of nitrogens with one attached hydrogen (secondary N) is 3. The summed E-state index contributed by atoms with van der Waals surface area (Å²) in [5.41, 5.74) is 5.30. The number of likely N-dealkylation sites (tertiary alicyclic amines) is 2. The molecule has 2 saturated carbocycles. The second-order valence-corrected chi connectivity index (χ2v) is 17.5. The maximum Gasteiger partial charge on any atom is 0.407 e. The molecule has 0 radical (unpaired) electrons. The zero-order valence-corrected chi connectivity index (χ0v) is 34.8. The lowest BCUT2D eigenvalue weighted by Gasteiger charge is -2.35. The lowest BCUT2D eigenvalue weighted by atomic mass is 9.90. The van der Waals surface area contributed by atoms with Crippen LogP contribution in [-0.2, 0) is 19.1 Å². The molecule has 0 spiro atoms. The zero-order chi connectivity index (χ0) is 42.5. The number of fused-ring (bicyclic) bond motifs is 2. The summed E-state index contributed by atoms with van der Waals surface area (Å²) < 4.78 is 10.4. The molecule has 4 amide bonds. The topological polar surface area (TPSA) is 186 Å². The predicted molar refractivity (Wildman–Crippen MR) is 224 cm³/mol. The number of benzene rings is 2. The van der Waals surface area contributed by atoms with Crippen molar-refractivity contribution in [2.45, 2.75) is 88.6 Å². The van der Waals surface area contributed by atoms with Crippen molar-refractivity contribution < 1.29 is 33.8 Å². The molecule has 0 bridgehead atoms. The Kier molecular flexibility index (Phi) is 10.8. The van der Waals surface area contributed by atoms with Gasteiger partial charge in [0.1, 0.15) is 23.7 Å². The van der Waals surface area contributed by atoms with Gasteiger partial charge in [-0.3, -0.25) is 14.5 Å². The summed E-state index contributed by atoms with van der Waals surface area (Å²) in [6.07, 6.45) is 6.82. The summed E-state index contributed by atoms with van der Waals surface area (Å²) >= 11 is 0. The third-order valence-electron chi connectivity index (χ3n) is 13.3. The van der Waals surface area contributed by atoms with Crippen molar-refractivity contribution in [3.63, 3.8) is 0 Å². The molecule has 3 aliphatic heterocycles. The van der Waals surface area contributed by atoms with E-state index in [0.717, 1.165) is 70.0 Å². The van der Waals surface area contributed by atoms with Gasteiger partial charge in [-0.1, -0.05) is 50.0 Å². The molecule has 15 nitrogen and oxygen atoms in total. The van der Waals surface area contributed by atoms with Crippen molar-refractivity contribution in [3.05, 3.63) is 83.7 Å². The highest BCUT2D eigenvalue weighted by Gasteiger charge is 2.58. The van der Waals surface area contributed by atoms with Crippen LogP contribution in [0, 0.1) is 35.5 Å². The Bertz CT molecular complexity index is 2360. The second-order valence-electron chi connectivity index (χ2n) is 17.5. The van der Waals surface area contributed by atoms with E-state index < -0.39 is 24.3 Å².